The SMILES string of the molecule is CC(C)OCC(NC(=O)OC(C)(C)C)[C@@H](Br)C(OC(C)C)[C@H](CO)NC(=O)OC(C)(C)C. The predicted molar refractivity (Wildman–Crippen MR) is 127 cm³/mol. The zero-order valence-corrected chi connectivity index (χ0v) is 22.7. The Balaban J connectivity index is 5.70. The minimum atomic E-state index is -0.807. The number of aliphatic hydroxyl groups is 1. The van der Waals surface area contributed by atoms with Gasteiger partial charge in [-0.05, 0) is 69.2 Å². The Morgan fingerprint density at radius 2 is 1.28 bits per heavy atom. The summed E-state index contributed by atoms with van der Waals surface area (Å²) in [7, 11) is 0. The van der Waals surface area contributed by atoms with Gasteiger partial charge in [0.1, 0.15) is 11.2 Å². The quantitative estimate of drug-likeness (QED) is 0.351. The summed E-state index contributed by atoms with van der Waals surface area (Å²) in [6.45, 7) is 17.8. The highest BCUT2D eigenvalue weighted by atomic mass is 79.9. The van der Waals surface area contributed by atoms with Gasteiger partial charge in [0.05, 0.1) is 48.4 Å². The Kier molecular flexibility index (Phi) is 13.1. The van der Waals surface area contributed by atoms with Crippen LogP contribution in [-0.4, -0.2) is 76.9 Å². The van der Waals surface area contributed by atoms with Crippen LogP contribution in [0.1, 0.15) is 69.2 Å². The fourth-order valence-corrected chi connectivity index (χ4v) is 3.37. The van der Waals surface area contributed by atoms with E-state index in [1.165, 1.54) is 0 Å². The summed E-state index contributed by atoms with van der Waals surface area (Å²) in [4.78, 5) is 24.2. The normalized spacial score (nSPS) is 16.3. The van der Waals surface area contributed by atoms with Crippen LogP contribution in [0, 0.1) is 0 Å². The molecule has 2 amide bonds. The average Bonchev–Trinajstić information content (AvgIpc) is 2.57. The van der Waals surface area contributed by atoms with Gasteiger partial charge < -0.3 is 34.7 Å². The lowest BCUT2D eigenvalue weighted by Gasteiger charge is -2.36. The van der Waals surface area contributed by atoms with Gasteiger partial charge in [0.2, 0.25) is 0 Å². The first-order chi connectivity index (χ1) is 14.4. The molecule has 0 spiro atoms. The summed E-state index contributed by atoms with van der Waals surface area (Å²) < 4.78 is 22.5. The number of aliphatic hydroxyl groups excluding tert-OH is 1. The van der Waals surface area contributed by atoms with E-state index >= 15 is 0 Å². The van der Waals surface area contributed by atoms with Gasteiger partial charge in [0.25, 0.3) is 0 Å². The van der Waals surface area contributed by atoms with Crippen LogP contribution in [-0.2, 0) is 18.9 Å². The lowest BCUT2D eigenvalue weighted by Crippen LogP contribution is -2.58. The molecule has 0 aromatic heterocycles. The molecule has 190 valence electrons. The molecule has 0 aliphatic rings. The number of hydrogen-bond donors (Lipinski definition) is 3. The number of carbonyl (C=O) groups excluding carboxylic acids is 2. The van der Waals surface area contributed by atoms with Crippen LogP contribution in [0.4, 0.5) is 9.59 Å². The standard InChI is InChI=1S/C22H43BrN2O7/c1-13(2)29-12-16(25-20(28)32-22(8,9)10)17(23)18(30-14(3)4)15(11-26)24-19(27)31-21(5,6)7/h13-18,26H,11-12H2,1-10H3,(H,24,27)(H,25,28)/t15-,16?,17+,18?/m0/s1. The maximum absolute atomic E-state index is 12.4. The Labute approximate surface area is 201 Å². The number of ether oxygens (including phenoxy) is 4. The van der Waals surface area contributed by atoms with Gasteiger partial charge in [-0.3, -0.25) is 0 Å². The number of amides is 2. The molecule has 0 fully saturated rings. The largest absolute Gasteiger partial charge is 0.444 e. The first kappa shape index (κ1) is 30.9. The van der Waals surface area contributed by atoms with Gasteiger partial charge in [-0.15, -0.1) is 0 Å². The van der Waals surface area contributed by atoms with Crippen LogP contribution in [0.3, 0.4) is 0 Å². The molecule has 9 nitrogen and oxygen atoms in total. The first-order valence-corrected chi connectivity index (χ1v) is 11.9. The van der Waals surface area contributed by atoms with Crippen LogP contribution >= 0.6 is 15.9 Å². The van der Waals surface area contributed by atoms with Gasteiger partial charge in [-0.1, -0.05) is 15.9 Å². The molecule has 0 rings (SSSR count). The van der Waals surface area contributed by atoms with E-state index in [1.807, 2.05) is 27.7 Å². The molecule has 0 aromatic rings. The van der Waals surface area contributed by atoms with Gasteiger partial charge >= 0.3 is 12.2 Å². The Hall–Kier alpha value is -1.10. The zero-order chi connectivity index (χ0) is 25.3. The number of rotatable bonds is 11. The van der Waals surface area contributed by atoms with Crippen LogP contribution in [0.25, 0.3) is 0 Å². The lowest BCUT2D eigenvalue weighted by atomic mass is 10.0. The van der Waals surface area contributed by atoms with E-state index in [0.29, 0.717) is 0 Å². The van der Waals surface area contributed by atoms with E-state index in [4.69, 9.17) is 18.9 Å². The lowest BCUT2D eigenvalue weighted by molar-refractivity contribution is -0.0394. The number of alkyl carbamates (subject to hydrolysis) is 2. The second kappa shape index (κ2) is 13.6. The molecule has 0 saturated heterocycles. The second-order valence-electron chi connectivity index (χ2n) is 10.2. The molecule has 10 heteroatoms. The molecular formula is C22H43BrN2O7. The van der Waals surface area contributed by atoms with Gasteiger partial charge in [-0.2, -0.15) is 0 Å². The zero-order valence-electron chi connectivity index (χ0n) is 21.2. The van der Waals surface area contributed by atoms with Crippen LogP contribution in [0.5, 0.6) is 0 Å². The highest BCUT2D eigenvalue weighted by Crippen LogP contribution is 2.21. The van der Waals surface area contributed by atoms with E-state index in [-0.39, 0.29) is 18.8 Å². The highest BCUT2D eigenvalue weighted by molar-refractivity contribution is 9.09. The van der Waals surface area contributed by atoms with E-state index < -0.39 is 53.0 Å². The smallest absolute Gasteiger partial charge is 0.408 e. The van der Waals surface area contributed by atoms with Crippen molar-refractivity contribution < 1.29 is 33.6 Å². The van der Waals surface area contributed by atoms with Crippen molar-refractivity contribution in [2.24, 2.45) is 0 Å². The van der Waals surface area contributed by atoms with Crippen molar-refractivity contribution in [1.82, 2.24) is 10.6 Å². The van der Waals surface area contributed by atoms with Crippen molar-refractivity contribution in [3.8, 4) is 0 Å². The van der Waals surface area contributed by atoms with E-state index in [1.54, 1.807) is 41.5 Å². The molecule has 0 aliphatic carbocycles. The molecule has 0 aromatic carbocycles. The van der Waals surface area contributed by atoms with E-state index in [0.717, 1.165) is 0 Å². The summed E-state index contributed by atoms with van der Waals surface area (Å²) >= 11 is 3.61. The Bertz CT molecular complexity index is 574. The van der Waals surface area contributed by atoms with E-state index in [2.05, 4.69) is 26.6 Å². The molecule has 3 N–H and O–H groups in total. The topological polar surface area (TPSA) is 115 Å². The number of nitrogens with one attached hydrogen (secondary N) is 2. The van der Waals surface area contributed by atoms with Gasteiger partial charge in [0, 0.05) is 0 Å². The molecule has 32 heavy (non-hydrogen) atoms. The third-order valence-electron chi connectivity index (χ3n) is 3.73. The van der Waals surface area contributed by atoms with Crippen LogP contribution < -0.4 is 10.6 Å². The molecule has 0 bridgehead atoms. The molecule has 0 saturated carbocycles. The summed E-state index contributed by atoms with van der Waals surface area (Å²) in [6.07, 6.45) is -2.30. The monoisotopic (exact) mass is 526 g/mol. The fraction of sp³-hybridized carbons (Fsp3) is 0.909. The van der Waals surface area contributed by atoms with Crippen molar-refractivity contribution >= 4 is 28.1 Å². The third-order valence-corrected chi connectivity index (χ3v) is 4.89. The summed E-state index contributed by atoms with van der Waals surface area (Å²) in [5.41, 5.74) is -1.37. The second-order valence-corrected chi connectivity index (χ2v) is 11.2. The molecule has 0 radical (unpaired) electrons. The van der Waals surface area contributed by atoms with Gasteiger partial charge in [-0.25, -0.2) is 9.59 Å². The number of halogens is 1. The first-order valence-electron chi connectivity index (χ1n) is 11.0. The molecule has 0 aliphatic heterocycles. The molecule has 2 unspecified atom stereocenters. The average molecular weight is 527 g/mol. The maximum Gasteiger partial charge on any atom is 0.408 e. The number of alkyl halides is 1. The molecule has 4 atom stereocenters. The number of hydrogen-bond acceptors (Lipinski definition) is 7. The third kappa shape index (κ3) is 14.1. The summed E-state index contributed by atoms with van der Waals surface area (Å²) in [5, 5.41) is 15.5. The van der Waals surface area contributed by atoms with Crippen molar-refractivity contribution in [3.05, 3.63) is 0 Å². The van der Waals surface area contributed by atoms with Crippen molar-refractivity contribution in [2.45, 2.75) is 116 Å². The van der Waals surface area contributed by atoms with Crippen molar-refractivity contribution in [3.63, 3.8) is 0 Å². The number of carbonyl (C=O) groups is 2. The van der Waals surface area contributed by atoms with Crippen LogP contribution in [0.2, 0.25) is 0 Å². The minimum Gasteiger partial charge on any atom is -0.444 e. The maximum atomic E-state index is 12.4. The Morgan fingerprint density at radius 3 is 1.62 bits per heavy atom. The minimum absolute atomic E-state index is 0.0735. The van der Waals surface area contributed by atoms with Gasteiger partial charge in [0.15, 0.2) is 0 Å². The van der Waals surface area contributed by atoms with Crippen molar-refractivity contribution in [1.29, 1.82) is 0 Å². The molecule has 0 heterocycles. The highest BCUT2D eigenvalue weighted by Gasteiger charge is 2.38. The fourth-order valence-electron chi connectivity index (χ4n) is 2.59. The van der Waals surface area contributed by atoms with E-state index in [9.17, 15) is 14.7 Å². The molecular weight excluding hydrogens is 484 g/mol. The van der Waals surface area contributed by atoms with Crippen LogP contribution in [0.15, 0.2) is 0 Å². The summed E-state index contributed by atoms with van der Waals surface area (Å²) in [5.74, 6) is 0. The predicted octanol–water partition coefficient (Wildman–Crippen LogP) is 3.75. The Morgan fingerprint density at radius 1 is 0.844 bits per heavy atom. The van der Waals surface area contributed by atoms with Crippen molar-refractivity contribution in [2.75, 3.05) is 13.2 Å². The summed E-state index contributed by atoms with van der Waals surface area (Å²) in [6, 6.07) is -1.39.